The summed E-state index contributed by atoms with van der Waals surface area (Å²) in [5.41, 5.74) is -0.339. The van der Waals surface area contributed by atoms with Crippen molar-refractivity contribution >= 4 is 33.9 Å². The fraction of sp³-hybridized carbons (Fsp3) is 0.391. The van der Waals surface area contributed by atoms with Crippen LogP contribution in [0.25, 0.3) is 0 Å². The summed E-state index contributed by atoms with van der Waals surface area (Å²) in [6, 6.07) is 10.2. The molecular formula is C23H27N5O6S. The zero-order valence-corrected chi connectivity index (χ0v) is 19.6. The number of benzene rings is 1. The number of aliphatic carboxylic acids is 1. The molecule has 0 radical (unpaired) electrons. The normalized spacial score (nSPS) is 23.2. The molecule has 1 spiro atoms. The Balaban J connectivity index is 1.44. The van der Waals surface area contributed by atoms with Crippen LogP contribution in [0, 0.1) is 5.92 Å². The van der Waals surface area contributed by atoms with Gasteiger partial charge in [0, 0.05) is 19.2 Å². The number of carbonyl (C=O) groups is 2. The summed E-state index contributed by atoms with van der Waals surface area (Å²) in [6.45, 7) is 0.697. The molecule has 1 aliphatic carbocycles. The number of hydrogen-bond acceptors (Lipinski definition) is 8. The van der Waals surface area contributed by atoms with Gasteiger partial charge in [-0.25, -0.2) is 13.4 Å². The molecule has 186 valence electrons. The van der Waals surface area contributed by atoms with Crippen LogP contribution in [0.2, 0.25) is 0 Å². The van der Waals surface area contributed by atoms with Crippen molar-refractivity contribution in [1.82, 2.24) is 15.0 Å². The van der Waals surface area contributed by atoms with Gasteiger partial charge < -0.3 is 20.6 Å². The van der Waals surface area contributed by atoms with E-state index in [1.807, 2.05) is 18.2 Å². The van der Waals surface area contributed by atoms with E-state index in [4.69, 9.17) is 4.84 Å². The van der Waals surface area contributed by atoms with Gasteiger partial charge in [0.25, 0.3) is 0 Å². The van der Waals surface area contributed by atoms with E-state index in [-0.39, 0.29) is 22.9 Å². The number of carbonyl (C=O) groups excluding carboxylic acids is 1. The maximum absolute atomic E-state index is 12.8. The summed E-state index contributed by atoms with van der Waals surface area (Å²) < 4.78 is 27.8. The van der Waals surface area contributed by atoms with Crippen LogP contribution in [0.5, 0.6) is 0 Å². The molecule has 0 saturated heterocycles. The highest BCUT2D eigenvalue weighted by Gasteiger charge is 2.49. The van der Waals surface area contributed by atoms with Crippen molar-refractivity contribution in [3.63, 3.8) is 0 Å². The molecule has 1 fully saturated rings. The van der Waals surface area contributed by atoms with Gasteiger partial charge in [-0.15, -0.1) is 0 Å². The second-order valence-corrected chi connectivity index (χ2v) is 10.5. The first-order valence-corrected chi connectivity index (χ1v) is 12.7. The minimum Gasteiger partial charge on any atom is -0.480 e. The van der Waals surface area contributed by atoms with Crippen LogP contribution < -0.4 is 15.4 Å². The first kappa shape index (κ1) is 24.6. The molecule has 2 heterocycles. The minimum atomic E-state index is -4.16. The fourth-order valence-corrected chi connectivity index (χ4v) is 5.82. The molecule has 3 unspecified atom stereocenters. The van der Waals surface area contributed by atoms with E-state index in [0.29, 0.717) is 25.8 Å². The highest BCUT2D eigenvalue weighted by atomic mass is 32.2. The van der Waals surface area contributed by atoms with Crippen molar-refractivity contribution in [3.05, 3.63) is 54.7 Å². The van der Waals surface area contributed by atoms with Gasteiger partial charge in [0.2, 0.25) is 16.4 Å². The van der Waals surface area contributed by atoms with Gasteiger partial charge in [0.05, 0.1) is 16.6 Å². The Bertz CT molecular complexity index is 1180. The second-order valence-electron chi connectivity index (χ2n) is 8.75. The fourth-order valence-electron chi connectivity index (χ4n) is 4.60. The molecule has 12 heteroatoms. The average molecular weight is 502 g/mol. The standard InChI is InChI=1S/C23H27N5O6S/c29-15-26-20(21(22(30)31)28-35(32,33)17-6-2-1-3-7-17)18-13-23(34-27-18)10-9-16(12-23)14-25-19-8-4-5-11-24-19/h1-8,11,15-16,20-21,28H,9-10,12-14H2,(H,24,25)(H,26,29)(H,30,31)/t16?,20?,21?,23-/m0/s1. The number of sulfonamides is 1. The van der Waals surface area contributed by atoms with Crippen LogP contribution in [0.1, 0.15) is 25.7 Å². The first-order valence-electron chi connectivity index (χ1n) is 11.2. The molecule has 1 aliphatic heterocycles. The summed E-state index contributed by atoms with van der Waals surface area (Å²) in [7, 11) is -4.16. The van der Waals surface area contributed by atoms with Crippen LogP contribution in [-0.2, 0) is 24.4 Å². The highest BCUT2D eigenvalue weighted by molar-refractivity contribution is 7.89. The third-order valence-corrected chi connectivity index (χ3v) is 7.76. The topological polar surface area (TPSA) is 159 Å². The molecule has 1 aromatic heterocycles. The molecule has 4 N–H and O–H groups in total. The number of pyridine rings is 1. The molecule has 4 atom stereocenters. The molecule has 35 heavy (non-hydrogen) atoms. The Morgan fingerprint density at radius 1 is 1.23 bits per heavy atom. The molecule has 11 nitrogen and oxygen atoms in total. The molecule has 1 saturated carbocycles. The van der Waals surface area contributed by atoms with E-state index in [0.717, 1.165) is 12.2 Å². The number of anilines is 1. The minimum absolute atomic E-state index is 0.0868. The maximum Gasteiger partial charge on any atom is 0.324 e. The smallest absolute Gasteiger partial charge is 0.324 e. The average Bonchev–Trinajstić information content (AvgIpc) is 3.47. The van der Waals surface area contributed by atoms with Crippen LogP contribution in [-0.4, -0.2) is 60.8 Å². The largest absolute Gasteiger partial charge is 0.480 e. The lowest BCUT2D eigenvalue weighted by Crippen LogP contribution is -2.57. The van der Waals surface area contributed by atoms with Gasteiger partial charge in [0.1, 0.15) is 17.5 Å². The van der Waals surface area contributed by atoms with E-state index in [2.05, 4.69) is 25.5 Å². The van der Waals surface area contributed by atoms with E-state index in [1.54, 1.807) is 12.3 Å². The Morgan fingerprint density at radius 2 is 2.00 bits per heavy atom. The van der Waals surface area contributed by atoms with Crippen molar-refractivity contribution in [2.24, 2.45) is 11.1 Å². The van der Waals surface area contributed by atoms with E-state index >= 15 is 0 Å². The van der Waals surface area contributed by atoms with Gasteiger partial charge in [0.15, 0.2) is 0 Å². The Labute approximate surface area is 203 Å². The predicted octanol–water partition coefficient (Wildman–Crippen LogP) is 1.35. The zero-order chi connectivity index (χ0) is 24.9. The Kier molecular flexibility index (Phi) is 7.31. The summed E-state index contributed by atoms with van der Waals surface area (Å²) >= 11 is 0. The summed E-state index contributed by atoms with van der Waals surface area (Å²) in [6.07, 6.45) is 4.59. The second kappa shape index (κ2) is 10.4. The SMILES string of the molecule is O=CNC(C1=NO[C@]2(CCC(CNc3ccccn3)C2)C1)C(NS(=O)(=O)c1ccccc1)C(=O)O. The summed E-state index contributed by atoms with van der Waals surface area (Å²) in [5.74, 6) is -0.379. The monoisotopic (exact) mass is 501 g/mol. The van der Waals surface area contributed by atoms with Crippen molar-refractivity contribution in [3.8, 4) is 0 Å². The molecule has 4 rings (SSSR count). The molecule has 1 aromatic carbocycles. The first-order chi connectivity index (χ1) is 16.8. The molecule has 0 bridgehead atoms. The van der Waals surface area contributed by atoms with Crippen molar-refractivity contribution < 1.29 is 28.0 Å². The summed E-state index contributed by atoms with van der Waals surface area (Å²) in [5, 5.41) is 19.7. The van der Waals surface area contributed by atoms with E-state index in [1.165, 1.54) is 24.3 Å². The number of carboxylic acids is 1. The number of aromatic nitrogens is 1. The van der Waals surface area contributed by atoms with Crippen molar-refractivity contribution in [2.45, 2.75) is 48.3 Å². The van der Waals surface area contributed by atoms with Crippen LogP contribution in [0.15, 0.2) is 64.8 Å². The highest BCUT2D eigenvalue weighted by Crippen LogP contribution is 2.43. The maximum atomic E-state index is 12.8. The van der Waals surface area contributed by atoms with Crippen molar-refractivity contribution in [1.29, 1.82) is 0 Å². The lowest BCUT2D eigenvalue weighted by molar-refractivity contribution is -0.139. The molecule has 2 aromatic rings. The summed E-state index contributed by atoms with van der Waals surface area (Å²) in [4.78, 5) is 33.4. The van der Waals surface area contributed by atoms with Crippen LogP contribution >= 0.6 is 0 Å². The molecular weight excluding hydrogens is 474 g/mol. The Hall–Kier alpha value is -3.51. The zero-order valence-electron chi connectivity index (χ0n) is 18.8. The van der Waals surface area contributed by atoms with Gasteiger partial charge in [-0.05, 0) is 49.4 Å². The van der Waals surface area contributed by atoms with E-state index in [9.17, 15) is 23.1 Å². The third kappa shape index (κ3) is 5.77. The lowest BCUT2D eigenvalue weighted by atomic mass is 9.89. The van der Waals surface area contributed by atoms with Gasteiger partial charge in [-0.2, -0.15) is 4.72 Å². The molecule has 2 aliphatic rings. The van der Waals surface area contributed by atoms with Gasteiger partial charge >= 0.3 is 5.97 Å². The number of hydrogen-bond donors (Lipinski definition) is 4. The van der Waals surface area contributed by atoms with Crippen molar-refractivity contribution in [2.75, 3.05) is 11.9 Å². The van der Waals surface area contributed by atoms with Gasteiger partial charge in [-0.1, -0.05) is 29.4 Å². The quantitative estimate of drug-likeness (QED) is 0.336. The third-order valence-electron chi connectivity index (χ3n) is 6.31. The number of amides is 1. The molecule has 1 amide bonds. The number of rotatable bonds is 11. The predicted molar refractivity (Wildman–Crippen MR) is 127 cm³/mol. The lowest BCUT2D eigenvalue weighted by Gasteiger charge is -2.25. The van der Waals surface area contributed by atoms with E-state index < -0.39 is 33.7 Å². The number of carboxylic acid groups (broad SMARTS) is 1. The number of nitrogens with one attached hydrogen (secondary N) is 3. The van der Waals surface area contributed by atoms with Crippen LogP contribution in [0.3, 0.4) is 0 Å². The van der Waals surface area contributed by atoms with Crippen LogP contribution in [0.4, 0.5) is 5.82 Å². The Morgan fingerprint density at radius 3 is 2.69 bits per heavy atom. The number of nitrogens with zero attached hydrogens (tertiary/aromatic N) is 2. The van der Waals surface area contributed by atoms with Gasteiger partial charge in [-0.3, -0.25) is 9.59 Å². The number of oxime groups is 1.